The standard InChI is InChI=1S/C14H16OS/c1-2-3-7-12-10-11-14(15-12)16-13-8-5-4-6-9-13/h4-6,8-11H,2-3,7H2,1H3. The Morgan fingerprint density at radius 2 is 1.88 bits per heavy atom. The average molecular weight is 232 g/mol. The van der Waals surface area contributed by atoms with Crippen LogP contribution in [0, 0.1) is 0 Å². The van der Waals surface area contributed by atoms with E-state index in [-0.39, 0.29) is 0 Å². The minimum absolute atomic E-state index is 0.984. The highest BCUT2D eigenvalue weighted by molar-refractivity contribution is 7.99. The molecular formula is C14H16OS. The van der Waals surface area contributed by atoms with Crippen molar-refractivity contribution >= 4 is 11.8 Å². The van der Waals surface area contributed by atoms with Gasteiger partial charge in [0.15, 0.2) is 5.09 Å². The SMILES string of the molecule is CCCCc1ccc(Sc2ccccc2)o1. The van der Waals surface area contributed by atoms with E-state index in [2.05, 4.69) is 31.2 Å². The van der Waals surface area contributed by atoms with Gasteiger partial charge in [-0.1, -0.05) is 43.3 Å². The zero-order valence-electron chi connectivity index (χ0n) is 9.48. The van der Waals surface area contributed by atoms with Gasteiger partial charge in [0, 0.05) is 11.3 Å². The van der Waals surface area contributed by atoms with Gasteiger partial charge in [-0.05, 0) is 30.7 Å². The maximum atomic E-state index is 5.75. The number of hydrogen-bond donors (Lipinski definition) is 0. The van der Waals surface area contributed by atoms with Gasteiger partial charge in [0.05, 0.1) is 0 Å². The molecule has 2 aromatic rings. The summed E-state index contributed by atoms with van der Waals surface area (Å²) >= 11 is 1.68. The Hall–Kier alpha value is -1.15. The number of unbranched alkanes of at least 4 members (excludes halogenated alkanes) is 1. The van der Waals surface area contributed by atoms with E-state index in [1.165, 1.54) is 17.7 Å². The summed E-state index contributed by atoms with van der Waals surface area (Å²) in [7, 11) is 0. The van der Waals surface area contributed by atoms with Gasteiger partial charge in [0.2, 0.25) is 0 Å². The van der Waals surface area contributed by atoms with Crippen molar-refractivity contribution in [1.29, 1.82) is 0 Å². The first-order chi connectivity index (χ1) is 7.88. The minimum Gasteiger partial charge on any atom is -0.455 e. The molecule has 0 N–H and O–H groups in total. The fourth-order valence-corrected chi connectivity index (χ4v) is 2.31. The maximum Gasteiger partial charge on any atom is 0.165 e. The van der Waals surface area contributed by atoms with Gasteiger partial charge in [-0.15, -0.1) is 0 Å². The van der Waals surface area contributed by atoms with Crippen molar-refractivity contribution in [3.05, 3.63) is 48.2 Å². The number of furan rings is 1. The Morgan fingerprint density at radius 3 is 2.62 bits per heavy atom. The summed E-state index contributed by atoms with van der Waals surface area (Å²) in [6.45, 7) is 2.20. The Kier molecular flexibility index (Phi) is 4.11. The minimum atomic E-state index is 0.984. The summed E-state index contributed by atoms with van der Waals surface area (Å²) in [5, 5.41) is 0.984. The van der Waals surface area contributed by atoms with Crippen molar-refractivity contribution in [3.8, 4) is 0 Å². The predicted octanol–water partition coefficient (Wildman–Crippen LogP) is 4.77. The van der Waals surface area contributed by atoms with Crippen LogP contribution in [-0.4, -0.2) is 0 Å². The van der Waals surface area contributed by atoms with Crippen LogP contribution in [0.25, 0.3) is 0 Å². The molecule has 1 aromatic heterocycles. The summed E-state index contributed by atoms with van der Waals surface area (Å²) in [5.41, 5.74) is 0. The molecule has 0 atom stereocenters. The van der Waals surface area contributed by atoms with Crippen molar-refractivity contribution in [1.82, 2.24) is 0 Å². The van der Waals surface area contributed by atoms with E-state index in [1.807, 2.05) is 18.2 Å². The van der Waals surface area contributed by atoms with E-state index < -0.39 is 0 Å². The number of aryl methyl sites for hydroxylation is 1. The molecule has 0 saturated carbocycles. The van der Waals surface area contributed by atoms with Gasteiger partial charge in [0.1, 0.15) is 5.76 Å². The van der Waals surface area contributed by atoms with Gasteiger partial charge >= 0.3 is 0 Å². The molecule has 0 aliphatic carbocycles. The Bertz CT molecular complexity index is 419. The van der Waals surface area contributed by atoms with E-state index in [9.17, 15) is 0 Å². The molecule has 1 nitrogen and oxygen atoms in total. The van der Waals surface area contributed by atoms with Gasteiger partial charge < -0.3 is 4.42 Å². The molecule has 0 spiro atoms. The van der Waals surface area contributed by atoms with Gasteiger partial charge in [-0.2, -0.15) is 0 Å². The summed E-state index contributed by atoms with van der Waals surface area (Å²) in [5.74, 6) is 1.10. The molecule has 16 heavy (non-hydrogen) atoms. The van der Waals surface area contributed by atoms with Crippen molar-refractivity contribution in [2.45, 2.75) is 36.2 Å². The topological polar surface area (TPSA) is 13.1 Å². The van der Waals surface area contributed by atoms with Crippen LogP contribution in [0.4, 0.5) is 0 Å². The van der Waals surface area contributed by atoms with Crippen LogP contribution in [0.15, 0.2) is 56.9 Å². The predicted molar refractivity (Wildman–Crippen MR) is 67.9 cm³/mol. The third kappa shape index (κ3) is 3.17. The maximum absolute atomic E-state index is 5.75. The number of rotatable bonds is 5. The van der Waals surface area contributed by atoms with Gasteiger partial charge in [-0.25, -0.2) is 0 Å². The van der Waals surface area contributed by atoms with Crippen LogP contribution in [-0.2, 0) is 6.42 Å². The van der Waals surface area contributed by atoms with Crippen molar-refractivity contribution in [3.63, 3.8) is 0 Å². The van der Waals surface area contributed by atoms with Crippen molar-refractivity contribution in [2.75, 3.05) is 0 Å². The van der Waals surface area contributed by atoms with E-state index >= 15 is 0 Å². The second kappa shape index (κ2) is 5.80. The van der Waals surface area contributed by atoms with Crippen LogP contribution in [0.3, 0.4) is 0 Å². The molecule has 0 aliphatic rings. The molecule has 84 valence electrons. The molecule has 0 radical (unpaired) electrons. The van der Waals surface area contributed by atoms with E-state index in [0.717, 1.165) is 17.3 Å². The zero-order chi connectivity index (χ0) is 11.2. The van der Waals surface area contributed by atoms with Gasteiger partial charge in [0.25, 0.3) is 0 Å². The quantitative estimate of drug-likeness (QED) is 0.736. The Balaban J connectivity index is 1.97. The number of hydrogen-bond acceptors (Lipinski definition) is 2. The molecule has 0 amide bonds. The fraction of sp³-hybridized carbons (Fsp3) is 0.286. The highest BCUT2D eigenvalue weighted by Crippen LogP contribution is 2.29. The molecule has 0 aliphatic heterocycles. The molecule has 2 rings (SSSR count). The first-order valence-electron chi connectivity index (χ1n) is 5.70. The highest BCUT2D eigenvalue weighted by atomic mass is 32.2. The second-order valence-electron chi connectivity index (χ2n) is 3.74. The fourth-order valence-electron chi connectivity index (χ4n) is 1.50. The molecule has 1 aromatic carbocycles. The molecule has 0 unspecified atom stereocenters. The van der Waals surface area contributed by atoms with Crippen LogP contribution in [0.1, 0.15) is 25.5 Å². The monoisotopic (exact) mass is 232 g/mol. The van der Waals surface area contributed by atoms with E-state index in [1.54, 1.807) is 11.8 Å². The molecule has 2 heteroatoms. The smallest absolute Gasteiger partial charge is 0.165 e. The summed E-state index contributed by atoms with van der Waals surface area (Å²) < 4.78 is 5.75. The normalized spacial score (nSPS) is 10.6. The van der Waals surface area contributed by atoms with Crippen LogP contribution in [0.5, 0.6) is 0 Å². The van der Waals surface area contributed by atoms with Crippen molar-refractivity contribution in [2.24, 2.45) is 0 Å². The van der Waals surface area contributed by atoms with E-state index in [4.69, 9.17) is 4.42 Å². The van der Waals surface area contributed by atoms with Crippen LogP contribution >= 0.6 is 11.8 Å². The summed E-state index contributed by atoms with van der Waals surface area (Å²) in [4.78, 5) is 1.22. The van der Waals surface area contributed by atoms with E-state index in [0.29, 0.717) is 0 Å². The third-order valence-electron chi connectivity index (χ3n) is 2.38. The third-order valence-corrected chi connectivity index (χ3v) is 3.30. The summed E-state index contributed by atoms with van der Waals surface area (Å²) in [6, 6.07) is 14.5. The lowest BCUT2D eigenvalue weighted by atomic mass is 10.2. The van der Waals surface area contributed by atoms with Gasteiger partial charge in [-0.3, -0.25) is 0 Å². The average Bonchev–Trinajstić information content (AvgIpc) is 2.75. The largest absolute Gasteiger partial charge is 0.455 e. The molecule has 1 heterocycles. The lowest BCUT2D eigenvalue weighted by Gasteiger charge is -1.97. The highest BCUT2D eigenvalue weighted by Gasteiger charge is 2.03. The molecule has 0 saturated heterocycles. The van der Waals surface area contributed by atoms with Crippen molar-refractivity contribution < 1.29 is 4.42 Å². The first kappa shape index (κ1) is 11.3. The van der Waals surface area contributed by atoms with Crippen LogP contribution < -0.4 is 0 Å². The summed E-state index contributed by atoms with van der Waals surface area (Å²) in [6.07, 6.45) is 3.46. The Morgan fingerprint density at radius 1 is 1.06 bits per heavy atom. The number of benzene rings is 1. The molecule has 0 fully saturated rings. The molecular weight excluding hydrogens is 216 g/mol. The second-order valence-corrected chi connectivity index (χ2v) is 4.82. The lowest BCUT2D eigenvalue weighted by Crippen LogP contribution is -1.78. The zero-order valence-corrected chi connectivity index (χ0v) is 10.3. The van der Waals surface area contributed by atoms with Crippen LogP contribution in [0.2, 0.25) is 0 Å². The lowest BCUT2D eigenvalue weighted by molar-refractivity contribution is 0.426. The first-order valence-corrected chi connectivity index (χ1v) is 6.52. The Labute approximate surface area is 101 Å². The molecule has 0 bridgehead atoms.